The number of benzene rings is 1. The molecule has 1 aliphatic heterocycles. The first-order chi connectivity index (χ1) is 6.27. The maximum absolute atomic E-state index is 5.83. The van der Waals surface area contributed by atoms with Gasteiger partial charge in [0, 0.05) is 12.6 Å². The lowest BCUT2D eigenvalue weighted by Crippen LogP contribution is -2.23. The lowest BCUT2D eigenvalue weighted by Gasteiger charge is -2.18. The molecular weight excluding hydrogens is 160 g/mol. The summed E-state index contributed by atoms with van der Waals surface area (Å²) < 4.78 is 0. The van der Waals surface area contributed by atoms with Gasteiger partial charge in [0.1, 0.15) is 0 Å². The van der Waals surface area contributed by atoms with Gasteiger partial charge in [-0.25, -0.2) is 0 Å². The number of nitrogens with two attached hydrogens (primary N) is 1. The van der Waals surface area contributed by atoms with E-state index >= 15 is 0 Å². The van der Waals surface area contributed by atoms with E-state index in [1.807, 2.05) is 6.92 Å². The lowest BCUT2D eigenvalue weighted by atomic mass is 9.96. The van der Waals surface area contributed by atoms with Crippen molar-refractivity contribution >= 4 is 0 Å². The van der Waals surface area contributed by atoms with Gasteiger partial charge in [-0.05, 0) is 36.6 Å². The summed E-state index contributed by atoms with van der Waals surface area (Å²) in [6.45, 7) is 4.12. The van der Waals surface area contributed by atoms with Gasteiger partial charge in [0.25, 0.3) is 0 Å². The predicted molar refractivity (Wildman–Crippen MR) is 54.5 cm³/mol. The summed E-state index contributed by atoms with van der Waals surface area (Å²) in [6, 6.07) is 6.74. The third kappa shape index (κ3) is 1.74. The van der Waals surface area contributed by atoms with Gasteiger partial charge in [0.2, 0.25) is 0 Å². The maximum atomic E-state index is 5.83. The van der Waals surface area contributed by atoms with Crippen LogP contribution in [0, 0.1) is 0 Å². The molecule has 1 atom stereocenters. The smallest absolute Gasteiger partial charge is 0.0266 e. The van der Waals surface area contributed by atoms with Crippen molar-refractivity contribution in [2.45, 2.75) is 25.9 Å². The summed E-state index contributed by atoms with van der Waals surface area (Å²) in [5.74, 6) is 0. The minimum absolute atomic E-state index is 0.146. The lowest BCUT2D eigenvalue weighted by molar-refractivity contribution is 0.641. The molecule has 1 aliphatic rings. The van der Waals surface area contributed by atoms with Crippen molar-refractivity contribution < 1.29 is 0 Å². The van der Waals surface area contributed by atoms with Crippen molar-refractivity contribution in [1.29, 1.82) is 0 Å². The van der Waals surface area contributed by atoms with E-state index in [1.54, 1.807) is 0 Å². The monoisotopic (exact) mass is 176 g/mol. The largest absolute Gasteiger partial charge is 0.324 e. The van der Waals surface area contributed by atoms with Crippen LogP contribution in [-0.2, 0) is 13.0 Å². The van der Waals surface area contributed by atoms with E-state index in [4.69, 9.17) is 5.73 Å². The Morgan fingerprint density at radius 2 is 2.23 bits per heavy atom. The number of rotatable bonds is 1. The Labute approximate surface area is 79.1 Å². The molecule has 2 nitrogen and oxygen atoms in total. The highest BCUT2D eigenvalue weighted by Gasteiger charge is 2.09. The van der Waals surface area contributed by atoms with E-state index in [9.17, 15) is 0 Å². The molecule has 70 valence electrons. The van der Waals surface area contributed by atoms with Crippen LogP contribution in [-0.4, -0.2) is 6.54 Å². The van der Waals surface area contributed by atoms with Crippen molar-refractivity contribution in [1.82, 2.24) is 5.32 Å². The van der Waals surface area contributed by atoms with E-state index in [-0.39, 0.29) is 6.04 Å². The van der Waals surface area contributed by atoms with Crippen molar-refractivity contribution in [2.75, 3.05) is 6.54 Å². The van der Waals surface area contributed by atoms with E-state index in [2.05, 4.69) is 23.5 Å². The second kappa shape index (κ2) is 3.48. The molecule has 1 aromatic carbocycles. The van der Waals surface area contributed by atoms with Gasteiger partial charge in [0.05, 0.1) is 0 Å². The summed E-state index contributed by atoms with van der Waals surface area (Å²) in [4.78, 5) is 0. The van der Waals surface area contributed by atoms with Crippen LogP contribution < -0.4 is 11.1 Å². The van der Waals surface area contributed by atoms with Gasteiger partial charge in [0.15, 0.2) is 0 Å². The molecule has 2 heteroatoms. The Balaban J connectivity index is 2.35. The highest BCUT2D eigenvalue weighted by Crippen LogP contribution is 2.18. The van der Waals surface area contributed by atoms with Gasteiger partial charge in [-0.2, -0.15) is 0 Å². The number of fused-ring (bicyclic) bond motifs is 1. The molecule has 0 aromatic heterocycles. The molecule has 3 N–H and O–H groups in total. The van der Waals surface area contributed by atoms with Crippen molar-refractivity contribution in [2.24, 2.45) is 5.73 Å². The third-order valence-corrected chi connectivity index (χ3v) is 2.64. The van der Waals surface area contributed by atoms with Crippen molar-refractivity contribution in [3.63, 3.8) is 0 Å². The van der Waals surface area contributed by atoms with Crippen LogP contribution in [0.25, 0.3) is 0 Å². The average Bonchev–Trinajstić information content (AvgIpc) is 2.17. The van der Waals surface area contributed by atoms with E-state index in [0.29, 0.717) is 0 Å². The molecule has 2 rings (SSSR count). The Morgan fingerprint density at radius 3 is 3.00 bits per heavy atom. The quantitative estimate of drug-likeness (QED) is 0.678. The zero-order valence-corrected chi connectivity index (χ0v) is 8.01. The maximum Gasteiger partial charge on any atom is 0.0266 e. The van der Waals surface area contributed by atoms with Gasteiger partial charge < -0.3 is 11.1 Å². The molecule has 0 aliphatic carbocycles. The SMILES string of the molecule is CC(N)c1ccc2c(c1)CNCC2. The predicted octanol–water partition coefficient (Wildman–Crippen LogP) is 1.35. The van der Waals surface area contributed by atoms with Crippen LogP contribution in [0.3, 0.4) is 0 Å². The molecule has 0 radical (unpaired) electrons. The molecule has 0 fully saturated rings. The fraction of sp³-hybridized carbons (Fsp3) is 0.455. The number of nitrogens with one attached hydrogen (secondary N) is 1. The first-order valence-corrected chi connectivity index (χ1v) is 4.85. The molecule has 0 bridgehead atoms. The topological polar surface area (TPSA) is 38.0 Å². The summed E-state index contributed by atoms with van der Waals surface area (Å²) in [7, 11) is 0. The highest BCUT2D eigenvalue weighted by atomic mass is 14.9. The minimum Gasteiger partial charge on any atom is -0.324 e. The zero-order chi connectivity index (χ0) is 9.26. The van der Waals surface area contributed by atoms with E-state index in [1.165, 1.54) is 16.7 Å². The summed E-state index contributed by atoms with van der Waals surface area (Å²) in [5.41, 5.74) is 9.96. The van der Waals surface area contributed by atoms with Crippen LogP contribution in [0.1, 0.15) is 29.7 Å². The van der Waals surface area contributed by atoms with Crippen LogP contribution in [0.2, 0.25) is 0 Å². The Morgan fingerprint density at radius 1 is 1.38 bits per heavy atom. The molecule has 1 unspecified atom stereocenters. The summed E-state index contributed by atoms with van der Waals surface area (Å²) in [6.07, 6.45) is 1.15. The number of hydrogen-bond acceptors (Lipinski definition) is 2. The van der Waals surface area contributed by atoms with Crippen molar-refractivity contribution in [3.05, 3.63) is 34.9 Å². The van der Waals surface area contributed by atoms with Gasteiger partial charge in [-0.3, -0.25) is 0 Å². The molecule has 1 heterocycles. The Bertz CT molecular complexity index is 305. The van der Waals surface area contributed by atoms with E-state index in [0.717, 1.165) is 19.5 Å². The summed E-state index contributed by atoms with van der Waals surface area (Å²) in [5, 5.41) is 3.37. The summed E-state index contributed by atoms with van der Waals surface area (Å²) >= 11 is 0. The van der Waals surface area contributed by atoms with Crippen LogP contribution in [0.4, 0.5) is 0 Å². The molecule has 0 spiro atoms. The van der Waals surface area contributed by atoms with E-state index < -0.39 is 0 Å². The molecule has 0 saturated heterocycles. The Hall–Kier alpha value is -0.860. The van der Waals surface area contributed by atoms with Gasteiger partial charge >= 0.3 is 0 Å². The van der Waals surface area contributed by atoms with Gasteiger partial charge in [-0.15, -0.1) is 0 Å². The van der Waals surface area contributed by atoms with Crippen LogP contribution in [0.5, 0.6) is 0 Å². The van der Waals surface area contributed by atoms with Crippen LogP contribution >= 0.6 is 0 Å². The minimum atomic E-state index is 0.146. The first-order valence-electron chi connectivity index (χ1n) is 4.85. The number of hydrogen-bond donors (Lipinski definition) is 2. The standard InChI is InChI=1S/C11H16N2/c1-8(12)10-3-2-9-4-5-13-7-11(9)6-10/h2-3,6,8,13H,4-5,7,12H2,1H3. The molecule has 0 amide bonds. The molecule has 0 saturated carbocycles. The normalized spacial score (nSPS) is 18.0. The van der Waals surface area contributed by atoms with Crippen molar-refractivity contribution in [3.8, 4) is 0 Å². The first kappa shape index (κ1) is 8.73. The second-order valence-corrected chi connectivity index (χ2v) is 3.74. The fourth-order valence-corrected chi connectivity index (χ4v) is 1.78. The molecule has 1 aromatic rings. The van der Waals surface area contributed by atoms with Crippen LogP contribution in [0.15, 0.2) is 18.2 Å². The highest BCUT2D eigenvalue weighted by molar-refractivity contribution is 5.34. The molecule has 13 heavy (non-hydrogen) atoms. The average molecular weight is 176 g/mol. The Kier molecular flexibility index (Phi) is 2.34. The zero-order valence-electron chi connectivity index (χ0n) is 8.01. The third-order valence-electron chi connectivity index (χ3n) is 2.64. The molecular formula is C11H16N2. The van der Waals surface area contributed by atoms with Gasteiger partial charge in [-0.1, -0.05) is 18.2 Å². The second-order valence-electron chi connectivity index (χ2n) is 3.74. The fourth-order valence-electron chi connectivity index (χ4n) is 1.78.